The van der Waals surface area contributed by atoms with E-state index < -0.39 is 33.4 Å². The van der Waals surface area contributed by atoms with Crippen molar-refractivity contribution in [2.24, 2.45) is 0 Å². The molecule has 2 aliphatic rings. The van der Waals surface area contributed by atoms with E-state index >= 15 is 0 Å². The lowest BCUT2D eigenvalue weighted by atomic mass is 9.74. The van der Waals surface area contributed by atoms with Crippen LogP contribution in [0.3, 0.4) is 0 Å². The van der Waals surface area contributed by atoms with Crippen molar-refractivity contribution in [2.45, 2.75) is 67.3 Å². The Bertz CT molecular complexity index is 1480. The fraction of sp³-hybridized carbons (Fsp3) is 0.419. The van der Waals surface area contributed by atoms with Gasteiger partial charge in [0.1, 0.15) is 11.4 Å². The fourth-order valence-corrected chi connectivity index (χ4v) is 8.18. The van der Waals surface area contributed by atoms with Crippen LogP contribution in [0.5, 0.6) is 5.75 Å². The molecule has 1 saturated heterocycles. The Hall–Kier alpha value is -2.79. The van der Waals surface area contributed by atoms with Gasteiger partial charge in [-0.1, -0.05) is 42.6 Å². The Morgan fingerprint density at radius 1 is 0.976 bits per heavy atom. The molecule has 226 valence electrons. The molecule has 0 bridgehead atoms. The highest BCUT2D eigenvalue weighted by Gasteiger charge is 2.45. The van der Waals surface area contributed by atoms with Gasteiger partial charge in [0, 0.05) is 30.2 Å². The van der Waals surface area contributed by atoms with Crippen LogP contribution in [0.1, 0.15) is 49.7 Å². The molecule has 2 atom stereocenters. The Kier molecular flexibility index (Phi) is 8.81. The molecule has 1 saturated carbocycles. The van der Waals surface area contributed by atoms with Crippen LogP contribution < -0.4 is 9.04 Å². The lowest BCUT2D eigenvalue weighted by Crippen LogP contribution is -2.57. The third-order valence-corrected chi connectivity index (χ3v) is 10.6. The summed E-state index contributed by atoms with van der Waals surface area (Å²) in [5.41, 5.74) is -1.23. The third kappa shape index (κ3) is 6.13. The number of benzene rings is 3. The van der Waals surface area contributed by atoms with E-state index in [1.807, 2.05) is 12.1 Å². The van der Waals surface area contributed by atoms with Crippen molar-refractivity contribution in [1.82, 2.24) is 4.90 Å². The second kappa shape index (κ2) is 12.1. The molecule has 0 spiro atoms. The Balaban J connectivity index is 1.45. The number of anilines is 1. The number of methoxy groups -OCH3 is 1. The monoisotopic (exact) mass is 622 g/mol. The third-order valence-electron chi connectivity index (χ3n) is 8.50. The quantitative estimate of drug-likeness (QED) is 0.312. The number of halogens is 4. The molecule has 1 aliphatic heterocycles. The van der Waals surface area contributed by atoms with Gasteiger partial charge >= 0.3 is 6.18 Å². The number of sulfonamides is 1. The number of nitrogens with zero attached hydrogens (tertiary/aromatic N) is 2. The molecule has 3 aromatic carbocycles. The van der Waals surface area contributed by atoms with Crippen molar-refractivity contribution in [2.75, 3.05) is 24.5 Å². The van der Waals surface area contributed by atoms with Crippen molar-refractivity contribution in [3.05, 3.63) is 88.9 Å². The number of hydrogen-bond donors (Lipinski definition) is 1. The average molecular weight is 623 g/mol. The van der Waals surface area contributed by atoms with Crippen LogP contribution in [0, 0.1) is 0 Å². The maximum absolute atomic E-state index is 14.0. The van der Waals surface area contributed by atoms with Crippen molar-refractivity contribution >= 4 is 27.3 Å². The summed E-state index contributed by atoms with van der Waals surface area (Å²) >= 11 is 6.09. The Morgan fingerprint density at radius 3 is 2.26 bits per heavy atom. The molecule has 0 aromatic heterocycles. The minimum absolute atomic E-state index is 0.0329. The van der Waals surface area contributed by atoms with Gasteiger partial charge in [-0.3, -0.25) is 9.21 Å². The summed E-state index contributed by atoms with van der Waals surface area (Å²) in [6.45, 7) is 0.970. The summed E-state index contributed by atoms with van der Waals surface area (Å²) in [5.74, 6) is 0.466. The van der Waals surface area contributed by atoms with Crippen LogP contribution in [-0.2, 0) is 21.8 Å². The first-order chi connectivity index (χ1) is 19.9. The predicted molar refractivity (Wildman–Crippen MR) is 156 cm³/mol. The van der Waals surface area contributed by atoms with Crippen LogP contribution >= 0.6 is 11.6 Å². The lowest BCUT2D eigenvalue weighted by Gasteiger charge is -2.49. The number of rotatable bonds is 7. The molecule has 6 nitrogen and oxygen atoms in total. The first-order valence-electron chi connectivity index (χ1n) is 14.0. The number of hydrogen-bond acceptors (Lipinski definition) is 5. The van der Waals surface area contributed by atoms with E-state index in [0.29, 0.717) is 43.1 Å². The smallest absolute Gasteiger partial charge is 0.416 e. The van der Waals surface area contributed by atoms with Crippen LogP contribution in [0.2, 0.25) is 5.02 Å². The fourth-order valence-electron chi connectivity index (χ4n) is 6.36. The first-order valence-corrected chi connectivity index (χ1v) is 15.8. The maximum atomic E-state index is 14.0. The molecule has 2 fully saturated rings. The second-order valence-corrected chi connectivity index (χ2v) is 13.2. The largest absolute Gasteiger partial charge is 0.497 e. The Labute approximate surface area is 249 Å². The molecular weight excluding hydrogens is 589 g/mol. The summed E-state index contributed by atoms with van der Waals surface area (Å²) in [6, 6.07) is 16.8. The van der Waals surface area contributed by atoms with E-state index in [9.17, 15) is 26.7 Å². The summed E-state index contributed by atoms with van der Waals surface area (Å²) in [5, 5.41) is 12.5. The van der Waals surface area contributed by atoms with Gasteiger partial charge in [0.2, 0.25) is 0 Å². The van der Waals surface area contributed by atoms with Crippen molar-refractivity contribution in [3.8, 4) is 5.75 Å². The van der Waals surface area contributed by atoms with Crippen molar-refractivity contribution < 1.29 is 31.4 Å². The van der Waals surface area contributed by atoms with Crippen LogP contribution in [0.4, 0.5) is 18.9 Å². The topological polar surface area (TPSA) is 70.1 Å². The summed E-state index contributed by atoms with van der Waals surface area (Å²) in [4.78, 5) is 2.17. The summed E-state index contributed by atoms with van der Waals surface area (Å²) in [7, 11) is -2.76. The molecule has 1 heterocycles. The van der Waals surface area contributed by atoms with Crippen molar-refractivity contribution in [1.29, 1.82) is 0 Å². The van der Waals surface area contributed by atoms with Gasteiger partial charge in [0.25, 0.3) is 10.0 Å². The van der Waals surface area contributed by atoms with Gasteiger partial charge < -0.3 is 9.84 Å². The van der Waals surface area contributed by atoms with E-state index in [-0.39, 0.29) is 16.6 Å². The van der Waals surface area contributed by atoms with E-state index in [1.165, 1.54) is 43.5 Å². The molecule has 2 unspecified atom stereocenters. The number of ether oxygens (including phenoxy) is 1. The molecule has 0 amide bonds. The maximum Gasteiger partial charge on any atom is 0.416 e. The first kappa shape index (κ1) is 30.7. The summed E-state index contributed by atoms with van der Waals surface area (Å²) in [6.07, 6.45) is -0.620. The van der Waals surface area contributed by atoms with E-state index in [2.05, 4.69) is 4.90 Å². The van der Waals surface area contributed by atoms with Crippen LogP contribution in [0.25, 0.3) is 0 Å². The van der Waals surface area contributed by atoms with Crippen molar-refractivity contribution in [3.63, 3.8) is 0 Å². The van der Waals surface area contributed by atoms with Crippen LogP contribution in [-0.4, -0.2) is 50.7 Å². The van der Waals surface area contributed by atoms with Gasteiger partial charge in [-0.25, -0.2) is 8.42 Å². The second-order valence-electron chi connectivity index (χ2n) is 11.0. The minimum Gasteiger partial charge on any atom is -0.497 e. The van der Waals surface area contributed by atoms with Gasteiger partial charge in [0.05, 0.1) is 23.3 Å². The predicted octanol–water partition coefficient (Wildman–Crippen LogP) is 6.86. The number of likely N-dealkylation sites (tertiary alicyclic amines) is 1. The SMILES string of the molecule is COc1ccc(S(=O)(=O)N(c2cccc(C(F)(F)F)c2)C2CCN(C3CCCCC3(O)c3ccc(Cl)cc3)CC2)cc1. The molecule has 42 heavy (non-hydrogen) atoms. The molecular formula is C31H34ClF3N2O4S. The van der Waals surface area contributed by atoms with Gasteiger partial charge in [-0.05, 0) is 85.8 Å². The van der Waals surface area contributed by atoms with Gasteiger partial charge in [-0.15, -0.1) is 0 Å². The van der Waals surface area contributed by atoms with E-state index in [4.69, 9.17) is 16.3 Å². The Morgan fingerprint density at radius 2 is 1.64 bits per heavy atom. The average Bonchev–Trinajstić information content (AvgIpc) is 2.98. The minimum atomic E-state index is -4.62. The molecule has 5 rings (SSSR count). The van der Waals surface area contributed by atoms with Gasteiger partial charge in [0.15, 0.2) is 0 Å². The number of piperidine rings is 1. The highest BCUT2D eigenvalue weighted by Crippen LogP contribution is 2.42. The molecule has 11 heteroatoms. The zero-order valence-corrected chi connectivity index (χ0v) is 24.8. The molecule has 3 aromatic rings. The highest BCUT2D eigenvalue weighted by molar-refractivity contribution is 7.92. The van der Waals surface area contributed by atoms with E-state index in [1.54, 1.807) is 12.1 Å². The zero-order chi connectivity index (χ0) is 30.1. The molecule has 0 radical (unpaired) electrons. The van der Waals surface area contributed by atoms with E-state index in [0.717, 1.165) is 41.3 Å². The lowest BCUT2D eigenvalue weighted by molar-refractivity contribution is -0.137. The molecule has 1 N–H and O–H groups in total. The summed E-state index contributed by atoms with van der Waals surface area (Å²) < 4.78 is 75.3. The van der Waals surface area contributed by atoms with Crippen LogP contribution in [0.15, 0.2) is 77.7 Å². The highest BCUT2D eigenvalue weighted by atomic mass is 35.5. The van der Waals surface area contributed by atoms with Gasteiger partial charge in [-0.2, -0.15) is 13.2 Å². The number of aliphatic hydroxyl groups is 1. The molecule has 1 aliphatic carbocycles. The standard InChI is InChI=1S/C31H34ClF3N2O4S/c1-41-27-12-14-28(15-13-27)42(39,40)37(26-6-4-5-23(21-26)31(33,34)35)25-16-19-36(20-17-25)29-7-2-3-18-30(29,38)22-8-10-24(32)11-9-22/h4-6,8-15,21,25,29,38H,2-3,7,16-20H2,1H3. The number of alkyl halides is 3. The normalized spacial score (nSPS) is 22.6. The zero-order valence-electron chi connectivity index (χ0n) is 23.2.